The van der Waals surface area contributed by atoms with Gasteiger partial charge in [0, 0.05) is 35.3 Å². The van der Waals surface area contributed by atoms with E-state index in [0.717, 1.165) is 12.4 Å². The van der Waals surface area contributed by atoms with Crippen molar-refractivity contribution < 1.29 is 0 Å². The molecule has 1 saturated heterocycles. The molecule has 1 fully saturated rings. The SMILES string of the molecule is Clc1ccc(NCC2CSCCS2)nc1. The third kappa shape index (κ3) is 3.78. The minimum atomic E-state index is 0.683. The molecule has 1 unspecified atom stereocenters. The van der Waals surface area contributed by atoms with Crippen molar-refractivity contribution in [1.82, 2.24) is 4.98 Å². The Morgan fingerprint density at radius 1 is 1.47 bits per heavy atom. The summed E-state index contributed by atoms with van der Waals surface area (Å²) in [6.45, 7) is 0.992. The van der Waals surface area contributed by atoms with Crippen molar-refractivity contribution in [2.75, 3.05) is 29.1 Å². The van der Waals surface area contributed by atoms with Crippen LogP contribution in [0.25, 0.3) is 0 Å². The second-order valence-electron chi connectivity index (χ2n) is 3.31. The topological polar surface area (TPSA) is 24.9 Å². The number of pyridine rings is 1. The van der Waals surface area contributed by atoms with E-state index in [9.17, 15) is 0 Å². The third-order valence-corrected chi connectivity index (χ3v) is 5.19. The quantitative estimate of drug-likeness (QED) is 0.903. The molecule has 1 atom stereocenters. The molecule has 1 aromatic heterocycles. The Hall–Kier alpha value is -0.0600. The minimum Gasteiger partial charge on any atom is -0.369 e. The van der Waals surface area contributed by atoms with Crippen molar-refractivity contribution in [3.05, 3.63) is 23.4 Å². The van der Waals surface area contributed by atoms with E-state index in [1.165, 1.54) is 17.3 Å². The molecule has 0 aromatic carbocycles. The number of halogens is 1. The lowest BCUT2D eigenvalue weighted by molar-refractivity contribution is 0.993. The predicted molar refractivity (Wildman–Crippen MR) is 71.3 cm³/mol. The summed E-state index contributed by atoms with van der Waals surface area (Å²) >= 11 is 9.85. The summed E-state index contributed by atoms with van der Waals surface area (Å²) in [6.07, 6.45) is 1.67. The molecule has 82 valence electrons. The van der Waals surface area contributed by atoms with E-state index in [-0.39, 0.29) is 0 Å². The van der Waals surface area contributed by atoms with Crippen molar-refractivity contribution in [2.24, 2.45) is 0 Å². The lowest BCUT2D eigenvalue weighted by Gasteiger charge is -2.21. The first-order valence-corrected chi connectivity index (χ1v) is 7.47. The molecular weight excluding hydrogens is 248 g/mol. The summed E-state index contributed by atoms with van der Waals surface area (Å²) in [6, 6.07) is 3.78. The summed E-state index contributed by atoms with van der Waals surface area (Å²) in [5.74, 6) is 4.71. The average molecular weight is 261 g/mol. The Kier molecular flexibility index (Phi) is 4.47. The normalized spacial score (nSPS) is 21.3. The van der Waals surface area contributed by atoms with Gasteiger partial charge >= 0.3 is 0 Å². The summed E-state index contributed by atoms with van der Waals surface area (Å²) < 4.78 is 0. The van der Waals surface area contributed by atoms with E-state index < -0.39 is 0 Å². The number of hydrogen-bond acceptors (Lipinski definition) is 4. The van der Waals surface area contributed by atoms with Gasteiger partial charge in [-0.15, -0.1) is 0 Å². The molecule has 0 radical (unpaired) electrons. The third-order valence-electron chi connectivity index (χ3n) is 2.12. The number of aromatic nitrogens is 1. The molecule has 1 aliphatic rings. The number of nitrogens with one attached hydrogen (secondary N) is 1. The van der Waals surface area contributed by atoms with E-state index in [1.54, 1.807) is 6.20 Å². The smallest absolute Gasteiger partial charge is 0.126 e. The van der Waals surface area contributed by atoms with Crippen LogP contribution in [0.3, 0.4) is 0 Å². The summed E-state index contributed by atoms with van der Waals surface area (Å²) in [5, 5.41) is 4.73. The fourth-order valence-corrected chi connectivity index (χ4v) is 4.08. The maximum absolute atomic E-state index is 5.76. The fraction of sp³-hybridized carbons (Fsp3) is 0.500. The number of thioether (sulfide) groups is 2. The zero-order valence-electron chi connectivity index (χ0n) is 8.28. The summed E-state index contributed by atoms with van der Waals surface area (Å²) in [7, 11) is 0. The molecule has 2 nitrogen and oxygen atoms in total. The van der Waals surface area contributed by atoms with Gasteiger partial charge in [0.15, 0.2) is 0 Å². The molecular formula is C10H13ClN2S2. The standard InChI is InChI=1S/C10H13ClN2S2/c11-8-1-2-10(12-5-8)13-6-9-7-14-3-4-15-9/h1-2,5,9H,3-4,6-7H2,(H,12,13). The number of hydrogen-bond donors (Lipinski definition) is 1. The first-order chi connectivity index (χ1) is 7.34. The molecule has 5 heteroatoms. The van der Waals surface area contributed by atoms with Crippen LogP contribution >= 0.6 is 35.1 Å². The van der Waals surface area contributed by atoms with Crippen LogP contribution in [0.2, 0.25) is 5.02 Å². The lowest BCUT2D eigenvalue weighted by Crippen LogP contribution is -2.23. The second-order valence-corrected chi connectivity index (χ2v) is 6.30. The Balaban J connectivity index is 1.79. The largest absolute Gasteiger partial charge is 0.369 e. The van der Waals surface area contributed by atoms with Gasteiger partial charge in [0.05, 0.1) is 5.02 Å². The van der Waals surface area contributed by atoms with E-state index in [2.05, 4.69) is 10.3 Å². The Morgan fingerprint density at radius 3 is 3.07 bits per heavy atom. The predicted octanol–water partition coefficient (Wildman–Crippen LogP) is 3.00. The van der Waals surface area contributed by atoms with E-state index >= 15 is 0 Å². The molecule has 15 heavy (non-hydrogen) atoms. The van der Waals surface area contributed by atoms with Crippen molar-refractivity contribution in [2.45, 2.75) is 5.25 Å². The van der Waals surface area contributed by atoms with Gasteiger partial charge in [0.1, 0.15) is 5.82 Å². The highest BCUT2D eigenvalue weighted by atomic mass is 35.5. The van der Waals surface area contributed by atoms with Gasteiger partial charge in [-0.2, -0.15) is 23.5 Å². The van der Waals surface area contributed by atoms with Gasteiger partial charge in [-0.25, -0.2) is 4.98 Å². The van der Waals surface area contributed by atoms with E-state index in [4.69, 9.17) is 11.6 Å². The van der Waals surface area contributed by atoms with Gasteiger partial charge in [-0.3, -0.25) is 0 Å². The van der Waals surface area contributed by atoms with Crippen LogP contribution < -0.4 is 5.32 Å². The first kappa shape index (κ1) is 11.4. The fourth-order valence-electron chi connectivity index (χ4n) is 1.35. The Morgan fingerprint density at radius 2 is 2.40 bits per heavy atom. The maximum Gasteiger partial charge on any atom is 0.126 e. The molecule has 2 heterocycles. The monoisotopic (exact) mass is 260 g/mol. The number of anilines is 1. The van der Waals surface area contributed by atoms with Crippen LogP contribution in [0.15, 0.2) is 18.3 Å². The van der Waals surface area contributed by atoms with Crippen molar-refractivity contribution in [3.8, 4) is 0 Å². The maximum atomic E-state index is 5.76. The summed E-state index contributed by atoms with van der Waals surface area (Å²) in [5.41, 5.74) is 0. The van der Waals surface area contributed by atoms with Crippen LogP contribution in [0.5, 0.6) is 0 Å². The highest BCUT2D eigenvalue weighted by molar-refractivity contribution is 8.06. The van der Waals surface area contributed by atoms with Crippen molar-refractivity contribution in [1.29, 1.82) is 0 Å². The van der Waals surface area contributed by atoms with E-state index in [0.29, 0.717) is 10.3 Å². The van der Waals surface area contributed by atoms with Gasteiger partial charge in [-0.05, 0) is 12.1 Å². The van der Waals surface area contributed by atoms with Gasteiger partial charge in [0.25, 0.3) is 0 Å². The zero-order chi connectivity index (χ0) is 10.5. The molecule has 1 aromatic rings. The van der Waals surface area contributed by atoms with E-state index in [1.807, 2.05) is 35.7 Å². The molecule has 2 rings (SSSR count). The van der Waals surface area contributed by atoms with Gasteiger partial charge in [0.2, 0.25) is 0 Å². The number of rotatable bonds is 3. The van der Waals surface area contributed by atoms with Gasteiger partial charge in [-0.1, -0.05) is 11.6 Å². The van der Waals surface area contributed by atoms with Crippen LogP contribution in [-0.2, 0) is 0 Å². The first-order valence-electron chi connectivity index (χ1n) is 4.89. The molecule has 0 aliphatic carbocycles. The highest BCUT2D eigenvalue weighted by Gasteiger charge is 2.13. The van der Waals surface area contributed by atoms with Crippen molar-refractivity contribution >= 4 is 40.9 Å². The Bertz CT molecular complexity index is 299. The molecule has 0 spiro atoms. The molecule has 1 aliphatic heterocycles. The van der Waals surface area contributed by atoms with Crippen molar-refractivity contribution in [3.63, 3.8) is 0 Å². The van der Waals surface area contributed by atoms with Crippen LogP contribution in [-0.4, -0.2) is 34.0 Å². The number of nitrogens with zero attached hydrogens (tertiary/aromatic N) is 1. The molecule has 1 N–H and O–H groups in total. The average Bonchev–Trinajstić information content (AvgIpc) is 2.30. The van der Waals surface area contributed by atoms with Crippen LogP contribution in [0.1, 0.15) is 0 Å². The molecule has 0 bridgehead atoms. The zero-order valence-corrected chi connectivity index (χ0v) is 10.7. The minimum absolute atomic E-state index is 0.683. The lowest BCUT2D eigenvalue weighted by atomic mass is 10.4. The Labute approximate surface area is 104 Å². The molecule has 0 amide bonds. The van der Waals surface area contributed by atoms with Crippen LogP contribution in [0.4, 0.5) is 5.82 Å². The highest BCUT2D eigenvalue weighted by Crippen LogP contribution is 2.24. The molecule has 0 saturated carbocycles. The van der Waals surface area contributed by atoms with Crippen LogP contribution in [0, 0.1) is 0 Å². The summed E-state index contributed by atoms with van der Waals surface area (Å²) in [4.78, 5) is 4.20. The second kappa shape index (κ2) is 5.87. The van der Waals surface area contributed by atoms with Gasteiger partial charge < -0.3 is 5.32 Å².